The quantitative estimate of drug-likeness (QED) is 0.457. The van der Waals surface area contributed by atoms with Gasteiger partial charge in [-0.05, 0) is 73.4 Å². The van der Waals surface area contributed by atoms with Crippen molar-refractivity contribution < 1.29 is 9.53 Å². The lowest BCUT2D eigenvalue weighted by Gasteiger charge is -2.27. The van der Waals surface area contributed by atoms with Crippen LogP contribution < -0.4 is 4.74 Å². The molecular formula is C21H24O2S. The van der Waals surface area contributed by atoms with Gasteiger partial charge in [-0.15, -0.1) is 12.6 Å². The maximum Gasteiger partial charge on any atom is 0.314 e. The molecule has 0 aliphatic heterocycles. The lowest BCUT2D eigenvalue weighted by Crippen LogP contribution is -2.25. The monoisotopic (exact) mass is 340 g/mol. The van der Waals surface area contributed by atoms with Crippen LogP contribution >= 0.6 is 12.6 Å². The van der Waals surface area contributed by atoms with Crippen molar-refractivity contribution in [1.29, 1.82) is 0 Å². The molecule has 0 aromatic heterocycles. The van der Waals surface area contributed by atoms with Crippen LogP contribution in [-0.4, -0.2) is 5.97 Å². The predicted octanol–water partition coefficient (Wildman–Crippen LogP) is 5.42. The second-order valence-corrected chi connectivity index (χ2v) is 7.08. The molecule has 0 saturated heterocycles. The van der Waals surface area contributed by atoms with Crippen molar-refractivity contribution in [3.05, 3.63) is 59.7 Å². The van der Waals surface area contributed by atoms with E-state index in [1.54, 1.807) is 12.1 Å². The van der Waals surface area contributed by atoms with Gasteiger partial charge in [-0.1, -0.05) is 31.2 Å². The third-order valence-corrected chi connectivity index (χ3v) is 5.27. The van der Waals surface area contributed by atoms with E-state index in [0.717, 1.165) is 37.0 Å². The number of esters is 1. The van der Waals surface area contributed by atoms with Crippen molar-refractivity contribution in [1.82, 2.24) is 0 Å². The summed E-state index contributed by atoms with van der Waals surface area (Å²) in [5.74, 6) is 1.10. The number of benzene rings is 2. The Balaban J connectivity index is 1.54. The standard InChI is InChI=1S/C21H24O2S/c1-2-15-3-5-16(6-4-15)17-7-9-18(10-8-17)21(22)23-19-11-13-20(24)14-12-19/h3-6,11-14,17-18,24H,2,7-10H2,1H3. The fraction of sp³-hybridized carbons (Fsp3) is 0.381. The number of thiol groups is 1. The minimum atomic E-state index is -0.0957. The molecule has 0 amide bonds. The molecule has 0 atom stereocenters. The highest BCUT2D eigenvalue weighted by molar-refractivity contribution is 7.80. The van der Waals surface area contributed by atoms with Crippen LogP contribution in [0.2, 0.25) is 0 Å². The third-order valence-electron chi connectivity index (χ3n) is 4.98. The molecular weight excluding hydrogens is 316 g/mol. The van der Waals surface area contributed by atoms with E-state index >= 15 is 0 Å². The first-order chi connectivity index (χ1) is 11.7. The highest BCUT2D eigenvalue weighted by Gasteiger charge is 2.28. The second kappa shape index (κ2) is 7.89. The number of hydrogen-bond donors (Lipinski definition) is 1. The van der Waals surface area contributed by atoms with Gasteiger partial charge >= 0.3 is 5.97 Å². The molecule has 3 heteroatoms. The topological polar surface area (TPSA) is 26.3 Å². The van der Waals surface area contributed by atoms with Crippen LogP contribution in [-0.2, 0) is 11.2 Å². The highest BCUT2D eigenvalue weighted by atomic mass is 32.1. The van der Waals surface area contributed by atoms with Gasteiger partial charge in [0, 0.05) is 4.90 Å². The molecule has 2 nitrogen and oxygen atoms in total. The van der Waals surface area contributed by atoms with E-state index in [2.05, 4.69) is 43.8 Å². The summed E-state index contributed by atoms with van der Waals surface area (Å²) in [4.78, 5) is 13.2. The lowest BCUT2D eigenvalue weighted by molar-refractivity contribution is -0.140. The molecule has 2 aromatic rings. The molecule has 126 valence electrons. The average molecular weight is 340 g/mol. The number of hydrogen-bond acceptors (Lipinski definition) is 3. The summed E-state index contributed by atoms with van der Waals surface area (Å²) >= 11 is 4.24. The normalized spacial score (nSPS) is 20.6. The van der Waals surface area contributed by atoms with Crippen LogP contribution in [0.15, 0.2) is 53.4 Å². The minimum absolute atomic E-state index is 0.0202. The van der Waals surface area contributed by atoms with Crippen LogP contribution in [0.5, 0.6) is 5.75 Å². The van der Waals surface area contributed by atoms with Crippen molar-refractivity contribution in [3.63, 3.8) is 0 Å². The summed E-state index contributed by atoms with van der Waals surface area (Å²) in [5, 5.41) is 0. The SMILES string of the molecule is CCc1ccc(C2CCC(C(=O)Oc3ccc(S)cc3)CC2)cc1. The van der Waals surface area contributed by atoms with Gasteiger partial charge < -0.3 is 4.74 Å². The van der Waals surface area contributed by atoms with Crippen LogP contribution in [0.1, 0.15) is 49.7 Å². The van der Waals surface area contributed by atoms with Gasteiger partial charge in [0.15, 0.2) is 0 Å². The van der Waals surface area contributed by atoms with E-state index < -0.39 is 0 Å². The molecule has 1 saturated carbocycles. The first kappa shape index (κ1) is 17.1. The smallest absolute Gasteiger partial charge is 0.314 e. The maximum absolute atomic E-state index is 12.3. The van der Waals surface area contributed by atoms with Crippen LogP contribution in [0.3, 0.4) is 0 Å². The number of aryl methyl sites for hydroxylation is 1. The molecule has 0 bridgehead atoms. The zero-order valence-corrected chi connectivity index (χ0v) is 15.0. The Morgan fingerprint density at radius 1 is 1.00 bits per heavy atom. The molecule has 0 N–H and O–H groups in total. The Morgan fingerprint density at radius 3 is 2.21 bits per heavy atom. The van der Waals surface area contributed by atoms with Gasteiger partial charge in [0.2, 0.25) is 0 Å². The number of carbonyl (C=O) groups is 1. The summed E-state index contributed by atoms with van der Waals surface area (Å²) < 4.78 is 5.51. The minimum Gasteiger partial charge on any atom is -0.426 e. The van der Waals surface area contributed by atoms with E-state index in [1.807, 2.05) is 12.1 Å². The van der Waals surface area contributed by atoms with Crippen LogP contribution in [0.4, 0.5) is 0 Å². The van der Waals surface area contributed by atoms with E-state index in [-0.39, 0.29) is 11.9 Å². The third kappa shape index (κ3) is 4.21. The molecule has 0 spiro atoms. The number of rotatable bonds is 4. The van der Waals surface area contributed by atoms with Gasteiger partial charge in [-0.2, -0.15) is 0 Å². The Hall–Kier alpha value is -1.74. The zero-order chi connectivity index (χ0) is 16.9. The van der Waals surface area contributed by atoms with E-state index in [9.17, 15) is 4.79 Å². The molecule has 1 fully saturated rings. The van der Waals surface area contributed by atoms with E-state index in [4.69, 9.17) is 4.74 Å². The van der Waals surface area contributed by atoms with Gasteiger partial charge in [0.05, 0.1) is 5.92 Å². The first-order valence-electron chi connectivity index (χ1n) is 8.75. The summed E-state index contributed by atoms with van der Waals surface area (Å²) in [7, 11) is 0. The van der Waals surface area contributed by atoms with Crippen molar-refractivity contribution >= 4 is 18.6 Å². The summed E-state index contributed by atoms with van der Waals surface area (Å²) in [6, 6.07) is 16.2. The molecule has 3 rings (SSSR count). The van der Waals surface area contributed by atoms with Gasteiger partial charge in [0.1, 0.15) is 5.75 Å². The van der Waals surface area contributed by atoms with E-state index in [1.165, 1.54) is 11.1 Å². The molecule has 24 heavy (non-hydrogen) atoms. The highest BCUT2D eigenvalue weighted by Crippen LogP contribution is 2.36. The Bertz CT molecular complexity index is 668. The zero-order valence-electron chi connectivity index (χ0n) is 14.1. The molecule has 1 aliphatic rings. The Morgan fingerprint density at radius 2 is 1.62 bits per heavy atom. The van der Waals surface area contributed by atoms with Crippen molar-refractivity contribution in [2.24, 2.45) is 5.92 Å². The Labute approximate surface area is 149 Å². The molecule has 0 heterocycles. The Kier molecular flexibility index (Phi) is 5.62. The predicted molar refractivity (Wildman–Crippen MR) is 99.8 cm³/mol. The van der Waals surface area contributed by atoms with Gasteiger partial charge in [-0.25, -0.2) is 0 Å². The second-order valence-electron chi connectivity index (χ2n) is 6.56. The maximum atomic E-state index is 12.3. The first-order valence-corrected chi connectivity index (χ1v) is 9.20. The van der Waals surface area contributed by atoms with E-state index in [0.29, 0.717) is 11.7 Å². The number of carbonyl (C=O) groups excluding carboxylic acids is 1. The van der Waals surface area contributed by atoms with Gasteiger partial charge in [-0.3, -0.25) is 4.79 Å². The average Bonchev–Trinajstić information content (AvgIpc) is 2.64. The van der Waals surface area contributed by atoms with Crippen molar-refractivity contribution in [2.75, 3.05) is 0 Å². The van der Waals surface area contributed by atoms with Crippen molar-refractivity contribution in [2.45, 2.75) is 49.8 Å². The lowest BCUT2D eigenvalue weighted by atomic mass is 9.78. The summed E-state index contributed by atoms with van der Waals surface area (Å²) in [5.41, 5.74) is 2.78. The molecule has 0 unspecified atom stereocenters. The van der Waals surface area contributed by atoms with Crippen LogP contribution in [0.25, 0.3) is 0 Å². The number of ether oxygens (including phenoxy) is 1. The van der Waals surface area contributed by atoms with Crippen LogP contribution in [0, 0.1) is 5.92 Å². The summed E-state index contributed by atoms with van der Waals surface area (Å²) in [6.45, 7) is 2.18. The molecule has 0 radical (unpaired) electrons. The molecule has 2 aromatic carbocycles. The van der Waals surface area contributed by atoms with Gasteiger partial charge in [0.25, 0.3) is 0 Å². The molecule has 1 aliphatic carbocycles. The summed E-state index contributed by atoms with van der Waals surface area (Å²) in [6.07, 6.45) is 5.00. The fourth-order valence-corrected chi connectivity index (χ4v) is 3.55. The fourth-order valence-electron chi connectivity index (χ4n) is 3.40. The largest absolute Gasteiger partial charge is 0.426 e. The van der Waals surface area contributed by atoms with Crippen molar-refractivity contribution in [3.8, 4) is 5.75 Å².